The van der Waals surface area contributed by atoms with Gasteiger partial charge in [0.15, 0.2) is 0 Å². The zero-order valence-electron chi connectivity index (χ0n) is 10.3. The highest BCUT2D eigenvalue weighted by molar-refractivity contribution is 14.1. The molecule has 0 saturated heterocycles. The molecule has 0 saturated carbocycles. The summed E-state index contributed by atoms with van der Waals surface area (Å²) in [5.41, 5.74) is 0.878. The van der Waals surface area contributed by atoms with E-state index in [-0.39, 0.29) is 5.82 Å². The molecule has 2 nitrogen and oxygen atoms in total. The van der Waals surface area contributed by atoms with Crippen molar-refractivity contribution in [2.75, 3.05) is 0 Å². The lowest BCUT2D eigenvalue weighted by molar-refractivity contribution is 0.624. The Labute approximate surface area is 117 Å². The van der Waals surface area contributed by atoms with Gasteiger partial charge < -0.3 is 0 Å². The average molecular weight is 367 g/mol. The maximum absolute atomic E-state index is 13.6. The van der Waals surface area contributed by atoms with Crippen LogP contribution in [0.15, 0.2) is 22.6 Å². The minimum absolute atomic E-state index is 0.336. The molecule has 1 atom stereocenters. The van der Waals surface area contributed by atoms with Crippen LogP contribution in [0, 0.1) is 9.39 Å². The van der Waals surface area contributed by atoms with Crippen LogP contribution in [0.4, 0.5) is 4.39 Å². The molecular formula is C12H15FINOS. The normalized spacial score (nSPS) is 14.8. The standard InChI is InChI=1S/C12H15FINOS/c1-8(15-17(16)12(2,3)4)10-7-9(14)5-6-11(10)13/h5-7H,1-4H3. The number of nitrogens with zero attached hydrogens (tertiary/aromatic N) is 1. The van der Waals surface area contributed by atoms with E-state index in [0.29, 0.717) is 11.3 Å². The largest absolute Gasteiger partial charge is 0.234 e. The van der Waals surface area contributed by atoms with E-state index < -0.39 is 15.7 Å². The number of hydrogen-bond acceptors (Lipinski definition) is 1. The molecule has 1 rings (SSSR count). The Balaban J connectivity index is 3.12. The van der Waals surface area contributed by atoms with Crippen molar-refractivity contribution >= 4 is 39.3 Å². The van der Waals surface area contributed by atoms with Crippen LogP contribution in [-0.4, -0.2) is 14.7 Å². The molecule has 0 N–H and O–H groups in total. The molecule has 0 spiro atoms. The smallest absolute Gasteiger partial charge is 0.145 e. The molecule has 0 amide bonds. The third-order valence-corrected chi connectivity index (χ3v) is 4.22. The summed E-state index contributed by atoms with van der Waals surface area (Å²) in [4.78, 5) is 0. The lowest BCUT2D eigenvalue weighted by Gasteiger charge is -2.14. The van der Waals surface area contributed by atoms with E-state index >= 15 is 0 Å². The van der Waals surface area contributed by atoms with Gasteiger partial charge in [0.05, 0.1) is 10.5 Å². The highest BCUT2D eigenvalue weighted by Gasteiger charge is 2.19. The van der Waals surface area contributed by atoms with Gasteiger partial charge in [-0.2, -0.15) is 4.40 Å². The van der Waals surface area contributed by atoms with Gasteiger partial charge in [0.1, 0.15) is 16.8 Å². The van der Waals surface area contributed by atoms with E-state index in [1.165, 1.54) is 6.07 Å². The van der Waals surface area contributed by atoms with Gasteiger partial charge in [-0.1, -0.05) is 0 Å². The molecule has 0 aliphatic heterocycles. The second-order valence-electron chi connectivity index (χ2n) is 4.66. The lowest BCUT2D eigenvalue weighted by atomic mass is 10.1. The van der Waals surface area contributed by atoms with Crippen molar-refractivity contribution < 1.29 is 8.60 Å². The van der Waals surface area contributed by atoms with Gasteiger partial charge in [0.25, 0.3) is 0 Å². The van der Waals surface area contributed by atoms with E-state index in [9.17, 15) is 8.60 Å². The van der Waals surface area contributed by atoms with Gasteiger partial charge in [-0.25, -0.2) is 8.60 Å². The first kappa shape index (κ1) is 14.8. The van der Waals surface area contributed by atoms with E-state index in [1.54, 1.807) is 19.1 Å². The molecule has 94 valence electrons. The second-order valence-corrected chi connectivity index (χ2v) is 7.81. The van der Waals surface area contributed by atoms with Gasteiger partial charge in [0, 0.05) is 9.13 Å². The first-order valence-electron chi connectivity index (χ1n) is 5.14. The Morgan fingerprint density at radius 2 is 2.00 bits per heavy atom. The van der Waals surface area contributed by atoms with Crippen LogP contribution in [0.3, 0.4) is 0 Å². The van der Waals surface area contributed by atoms with Gasteiger partial charge >= 0.3 is 0 Å². The van der Waals surface area contributed by atoms with Crippen LogP contribution in [-0.2, 0) is 11.0 Å². The van der Waals surface area contributed by atoms with E-state index in [2.05, 4.69) is 27.0 Å². The van der Waals surface area contributed by atoms with Crippen molar-refractivity contribution in [1.29, 1.82) is 0 Å². The summed E-state index contributed by atoms with van der Waals surface area (Å²) in [6.45, 7) is 7.19. The predicted molar refractivity (Wildman–Crippen MR) is 79.2 cm³/mol. The van der Waals surface area contributed by atoms with Gasteiger partial charge in [-0.3, -0.25) is 0 Å². The molecule has 0 aliphatic rings. The second kappa shape index (κ2) is 5.56. The third kappa shape index (κ3) is 4.13. The van der Waals surface area contributed by atoms with Gasteiger partial charge in [-0.15, -0.1) is 0 Å². The fraction of sp³-hybridized carbons (Fsp3) is 0.417. The fourth-order valence-corrected chi connectivity index (χ4v) is 2.20. The van der Waals surface area contributed by atoms with Crippen LogP contribution in [0.25, 0.3) is 0 Å². The Hall–Kier alpha value is -0.300. The number of halogens is 2. The van der Waals surface area contributed by atoms with Crippen LogP contribution in [0.5, 0.6) is 0 Å². The Kier molecular flexibility index (Phi) is 4.83. The quantitative estimate of drug-likeness (QED) is 0.579. The molecule has 0 fully saturated rings. The molecular weight excluding hydrogens is 352 g/mol. The molecule has 17 heavy (non-hydrogen) atoms. The number of rotatable bonds is 2. The Morgan fingerprint density at radius 1 is 1.41 bits per heavy atom. The van der Waals surface area contributed by atoms with Crippen molar-refractivity contribution in [3.05, 3.63) is 33.1 Å². The topological polar surface area (TPSA) is 29.4 Å². The molecule has 0 radical (unpaired) electrons. The minimum Gasteiger partial charge on any atom is -0.234 e. The summed E-state index contributed by atoms with van der Waals surface area (Å²) >= 11 is 2.11. The fourth-order valence-electron chi connectivity index (χ4n) is 1.09. The Bertz CT molecular complexity index is 480. The van der Waals surface area contributed by atoms with Crippen LogP contribution >= 0.6 is 22.6 Å². The van der Waals surface area contributed by atoms with E-state index in [1.807, 2.05) is 20.8 Å². The molecule has 0 heterocycles. The number of benzene rings is 1. The van der Waals surface area contributed by atoms with Crippen molar-refractivity contribution in [2.24, 2.45) is 4.40 Å². The zero-order valence-corrected chi connectivity index (χ0v) is 13.2. The van der Waals surface area contributed by atoms with Crippen LogP contribution in [0.1, 0.15) is 33.3 Å². The first-order chi connectivity index (χ1) is 7.71. The summed E-state index contributed by atoms with van der Waals surface area (Å²) < 4.78 is 30.0. The van der Waals surface area contributed by atoms with Crippen molar-refractivity contribution in [2.45, 2.75) is 32.4 Å². The first-order valence-corrected chi connectivity index (χ1v) is 7.33. The average Bonchev–Trinajstić information content (AvgIpc) is 2.20. The number of hydrogen-bond donors (Lipinski definition) is 0. The molecule has 1 aromatic carbocycles. The SMILES string of the molecule is CC(=NS(=O)C(C)(C)C)c1cc(I)ccc1F. The summed E-state index contributed by atoms with van der Waals surface area (Å²) in [5.74, 6) is -0.336. The summed E-state index contributed by atoms with van der Waals surface area (Å²) in [6, 6.07) is 4.79. The third-order valence-electron chi connectivity index (χ3n) is 2.06. The van der Waals surface area contributed by atoms with Crippen molar-refractivity contribution in [3.63, 3.8) is 0 Å². The maximum atomic E-state index is 13.6. The monoisotopic (exact) mass is 367 g/mol. The van der Waals surface area contributed by atoms with Crippen LogP contribution in [0.2, 0.25) is 0 Å². The van der Waals surface area contributed by atoms with Crippen molar-refractivity contribution in [1.82, 2.24) is 0 Å². The van der Waals surface area contributed by atoms with E-state index in [0.717, 1.165) is 3.57 Å². The summed E-state index contributed by atoms with van der Waals surface area (Å²) in [6.07, 6.45) is 0. The molecule has 0 aliphatic carbocycles. The maximum Gasteiger partial charge on any atom is 0.145 e. The molecule has 1 unspecified atom stereocenters. The Morgan fingerprint density at radius 3 is 2.53 bits per heavy atom. The van der Waals surface area contributed by atoms with Crippen molar-refractivity contribution in [3.8, 4) is 0 Å². The molecule has 1 aromatic rings. The zero-order chi connectivity index (χ0) is 13.2. The molecule has 0 bridgehead atoms. The summed E-state index contributed by atoms with van der Waals surface area (Å²) in [7, 11) is -1.36. The lowest BCUT2D eigenvalue weighted by Crippen LogP contribution is -2.20. The van der Waals surface area contributed by atoms with E-state index in [4.69, 9.17) is 0 Å². The minimum atomic E-state index is -1.36. The highest BCUT2D eigenvalue weighted by Crippen LogP contribution is 2.17. The summed E-state index contributed by atoms with van der Waals surface area (Å²) in [5, 5.41) is 0. The highest BCUT2D eigenvalue weighted by atomic mass is 127. The predicted octanol–water partition coefficient (Wildman–Crippen LogP) is 3.70. The molecule has 0 aromatic heterocycles. The van der Waals surface area contributed by atoms with Gasteiger partial charge in [-0.05, 0) is 68.5 Å². The van der Waals surface area contributed by atoms with Crippen LogP contribution < -0.4 is 0 Å². The molecule has 5 heteroatoms. The van der Waals surface area contributed by atoms with Gasteiger partial charge in [0.2, 0.25) is 0 Å².